The maximum atomic E-state index is 13.3. The number of pyridine rings is 1. The molecule has 1 fully saturated rings. The standard InChI is InChI=1S/C23H22N8O4S4/c1-4-35-28-14(17-27-23(24)39-29-17)18(32)25-15-20(33)31-16(22(34)36)12(9-37-21(15)31)19-26-13(10(2)38-19)11-5-7-30(3)8-6-11/h5-8,15,21H,4,9H2,1-3H3,(H3-,24,25,27,29,32,34,36)/p+1/b28-14-/t15-,21-/m1/s1. The maximum absolute atomic E-state index is 13.3. The van der Waals surface area contributed by atoms with Crippen molar-refractivity contribution < 1.29 is 23.8 Å². The number of hydrogen-bond acceptors (Lipinski definition) is 12. The zero-order valence-corrected chi connectivity index (χ0v) is 24.3. The normalized spacial score (nSPS) is 19.0. The lowest BCUT2D eigenvalue weighted by Gasteiger charge is -2.49. The number of thiol groups is 1. The highest BCUT2D eigenvalue weighted by Gasteiger charge is 2.54. The number of fused-ring (bicyclic) bond motifs is 1. The van der Waals surface area contributed by atoms with Crippen molar-refractivity contribution in [2.75, 3.05) is 18.1 Å². The van der Waals surface area contributed by atoms with Gasteiger partial charge in [-0.3, -0.25) is 19.3 Å². The number of carbonyl (C=O) groups excluding carboxylic acids is 3. The summed E-state index contributed by atoms with van der Waals surface area (Å²) in [6.07, 6.45) is 3.88. The quantitative estimate of drug-likeness (QED) is 0.114. The van der Waals surface area contributed by atoms with Gasteiger partial charge < -0.3 is 15.9 Å². The summed E-state index contributed by atoms with van der Waals surface area (Å²) in [6, 6.07) is 3.05. The Bertz CT molecular complexity index is 1530. The van der Waals surface area contributed by atoms with Crippen LogP contribution in [0.4, 0.5) is 5.13 Å². The zero-order valence-electron chi connectivity index (χ0n) is 20.9. The number of nitrogens with zero attached hydrogens (tertiary/aromatic N) is 6. The number of anilines is 1. The number of oxime groups is 1. The Morgan fingerprint density at radius 3 is 2.72 bits per heavy atom. The number of thiazole rings is 1. The Balaban J connectivity index is 1.40. The number of nitrogens with two attached hydrogens (primary N) is 1. The predicted molar refractivity (Wildman–Crippen MR) is 152 cm³/mol. The number of nitrogens with one attached hydrogen (secondary N) is 1. The van der Waals surface area contributed by atoms with Crippen molar-refractivity contribution in [1.29, 1.82) is 0 Å². The van der Waals surface area contributed by atoms with E-state index in [9.17, 15) is 14.4 Å². The molecule has 5 heterocycles. The molecule has 2 aliphatic heterocycles. The number of aryl methyl sites for hydroxylation is 2. The van der Waals surface area contributed by atoms with Crippen LogP contribution >= 0.6 is 47.3 Å². The Labute approximate surface area is 240 Å². The average Bonchev–Trinajstić information content (AvgIpc) is 3.52. The molecule has 2 aliphatic rings. The smallest absolute Gasteiger partial charge is 0.278 e. The van der Waals surface area contributed by atoms with E-state index in [2.05, 4.69) is 32.5 Å². The summed E-state index contributed by atoms with van der Waals surface area (Å²) in [5, 5.41) is 6.26. The monoisotopic (exact) mass is 603 g/mol. The van der Waals surface area contributed by atoms with Gasteiger partial charge in [0.05, 0.1) is 5.69 Å². The molecular formula is C23H23N8O4S4+. The summed E-state index contributed by atoms with van der Waals surface area (Å²) >= 11 is 7.87. The molecule has 0 aromatic carbocycles. The van der Waals surface area contributed by atoms with Gasteiger partial charge in [0.25, 0.3) is 11.8 Å². The van der Waals surface area contributed by atoms with E-state index in [4.69, 9.17) is 15.6 Å². The summed E-state index contributed by atoms with van der Waals surface area (Å²) < 4.78 is 5.95. The molecule has 3 aromatic heterocycles. The Kier molecular flexibility index (Phi) is 7.70. The number of β-lactam (4-membered cyclic amide) rings is 1. The number of nitrogen functional groups attached to an aromatic ring is 1. The molecule has 0 spiro atoms. The van der Waals surface area contributed by atoms with Gasteiger partial charge in [-0.2, -0.15) is 9.36 Å². The molecule has 16 heteroatoms. The maximum Gasteiger partial charge on any atom is 0.278 e. The minimum absolute atomic E-state index is 0.00102. The zero-order chi connectivity index (χ0) is 27.8. The number of rotatable bonds is 8. The molecule has 5 rings (SSSR count). The lowest BCUT2D eigenvalue weighted by atomic mass is 10.0. The van der Waals surface area contributed by atoms with E-state index in [-0.39, 0.29) is 29.0 Å². The number of hydrogen-bond donors (Lipinski definition) is 3. The van der Waals surface area contributed by atoms with Crippen molar-refractivity contribution in [1.82, 2.24) is 24.6 Å². The first-order chi connectivity index (χ1) is 18.7. The highest BCUT2D eigenvalue weighted by atomic mass is 32.2. The number of carbonyl (C=O) groups is 3. The van der Waals surface area contributed by atoms with Crippen molar-refractivity contribution in [3.05, 3.63) is 45.9 Å². The Hall–Kier alpha value is -3.34. The van der Waals surface area contributed by atoms with E-state index >= 15 is 0 Å². The van der Waals surface area contributed by atoms with Crippen LogP contribution in [0.3, 0.4) is 0 Å². The average molecular weight is 604 g/mol. The topological polar surface area (TPSA) is 157 Å². The molecule has 3 N–H and O–H groups in total. The highest BCUT2D eigenvalue weighted by Crippen LogP contribution is 2.45. The molecule has 2 amide bonds. The van der Waals surface area contributed by atoms with Crippen LogP contribution in [0.15, 0.2) is 35.4 Å². The van der Waals surface area contributed by atoms with Crippen molar-refractivity contribution in [3.8, 4) is 11.3 Å². The van der Waals surface area contributed by atoms with Crippen molar-refractivity contribution >= 4 is 80.6 Å². The van der Waals surface area contributed by atoms with Crippen molar-refractivity contribution in [2.24, 2.45) is 12.2 Å². The van der Waals surface area contributed by atoms with Crippen molar-refractivity contribution in [3.63, 3.8) is 0 Å². The van der Waals surface area contributed by atoms with Gasteiger partial charge in [-0.15, -0.1) is 23.1 Å². The lowest BCUT2D eigenvalue weighted by molar-refractivity contribution is -0.671. The molecule has 0 radical (unpaired) electrons. The van der Waals surface area contributed by atoms with E-state index in [0.29, 0.717) is 16.3 Å². The SMILES string of the molecule is CCO/N=C(\C(=O)N[C@@H]1C(=O)N2C(C(=O)S)=C(c3nc(-c4cc[n+](C)cc4)c(C)s3)CS[C@H]12)c1nsc(N)n1. The first-order valence-electron chi connectivity index (χ1n) is 11.6. The van der Waals surface area contributed by atoms with Crippen LogP contribution in [0.5, 0.6) is 0 Å². The third-order valence-electron chi connectivity index (χ3n) is 5.92. The Morgan fingerprint density at radius 2 is 2.08 bits per heavy atom. The van der Waals surface area contributed by atoms with Gasteiger partial charge in [-0.25, -0.2) is 9.55 Å². The molecule has 0 unspecified atom stereocenters. The summed E-state index contributed by atoms with van der Waals surface area (Å²) in [5.41, 5.74) is 8.04. The molecule has 39 heavy (non-hydrogen) atoms. The fourth-order valence-corrected chi connectivity index (χ4v) is 7.18. The first kappa shape index (κ1) is 27.2. The van der Waals surface area contributed by atoms with Crippen LogP contribution in [0.25, 0.3) is 16.8 Å². The molecule has 0 saturated carbocycles. The van der Waals surface area contributed by atoms with Crippen LogP contribution in [0.1, 0.15) is 22.6 Å². The lowest BCUT2D eigenvalue weighted by Crippen LogP contribution is -2.70. The molecule has 0 bridgehead atoms. The van der Waals surface area contributed by atoms with Gasteiger partial charge in [-0.1, -0.05) is 17.8 Å². The first-order valence-corrected chi connectivity index (χ1v) is 14.7. The van der Waals surface area contributed by atoms with Gasteiger partial charge in [0, 0.05) is 45.4 Å². The van der Waals surface area contributed by atoms with Gasteiger partial charge in [-0.05, 0) is 13.8 Å². The third-order valence-corrected chi connectivity index (χ3v) is 8.98. The number of thioether (sulfide) groups is 1. The largest absolute Gasteiger partial charge is 0.395 e. The second kappa shape index (κ2) is 11.0. The number of amides is 2. The molecular weight excluding hydrogens is 581 g/mol. The summed E-state index contributed by atoms with van der Waals surface area (Å²) in [7, 11) is 1.94. The van der Waals surface area contributed by atoms with E-state index in [1.54, 1.807) is 6.92 Å². The van der Waals surface area contributed by atoms with Gasteiger partial charge >= 0.3 is 0 Å². The van der Waals surface area contributed by atoms with Crippen LogP contribution in [-0.4, -0.2) is 65.7 Å². The summed E-state index contributed by atoms with van der Waals surface area (Å²) in [6.45, 7) is 3.89. The van der Waals surface area contributed by atoms with Gasteiger partial charge in [0.1, 0.15) is 35.8 Å². The summed E-state index contributed by atoms with van der Waals surface area (Å²) in [5.74, 6) is -0.729. The second-order valence-corrected chi connectivity index (χ2v) is 12.0. The molecule has 0 aliphatic carbocycles. The highest BCUT2D eigenvalue weighted by molar-refractivity contribution is 8.00. The van der Waals surface area contributed by atoms with E-state index < -0.39 is 28.3 Å². The predicted octanol–water partition coefficient (Wildman–Crippen LogP) is 1.38. The van der Waals surface area contributed by atoms with Crippen LogP contribution in [0.2, 0.25) is 0 Å². The van der Waals surface area contributed by atoms with Crippen molar-refractivity contribution in [2.45, 2.75) is 25.3 Å². The molecule has 12 nitrogen and oxygen atoms in total. The van der Waals surface area contributed by atoms with Crippen LogP contribution in [0, 0.1) is 6.92 Å². The molecule has 202 valence electrons. The fraction of sp³-hybridized carbons (Fsp3) is 0.304. The molecule has 2 atom stereocenters. The van der Waals surface area contributed by atoms with Crippen LogP contribution in [-0.2, 0) is 26.3 Å². The number of aromatic nitrogens is 4. The Morgan fingerprint density at radius 1 is 1.33 bits per heavy atom. The third kappa shape index (κ3) is 5.16. The minimum atomic E-state index is -0.895. The van der Waals surface area contributed by atoms with E-state index in [1.807, 2.05) is 43.1 Å². The minimum Gasteiger partial charge on any atom is -0.395 e. The molecule has 1 saturated heterocycles. The summed E-state index contributed by atoms with van der Waals surface area (Å²) in [4.78, 5) is 55.2. The van der Waals surface area contributed by atoms with Crippen LogP contribution < -0.4 is 15.6 Å². The fourth-order valence-electron chi connectivity index (χ4n) is 4.09. The van der Waals surface area contributed by atoms with Gasteiger partial charge in [0.15, 0.2) is 17.5 Å². The second-order valence-electron chi connectivity index (χ2n) is 8.48. The molecule has 3 aromatic rings. The van der Waals surface area contributed by atoms with E-state index in [0.717, 1.165) is 27.7 Å². The van der Waals surface area contributed by atoms with Gasteiger partial charge in [0.2, 0.25) is 16.7 Å². The van der Waals surface area contributed by atoms with E-state index in [1.165, 1.54) is 28.0 Å².